The first-order valence-electron chi connectivity index (χ1n) is 5.95. The van der Waals surface area contributed by atoms with Gasteiger partial charge in [-0.1, -0.05) is 6.07 Å². The second-order valence-corrected chi connectivity index (χ2v) is 4.60. The lowest BCUT2D eigenvalue weighted by Crippen LogP contribution is -2.14. The number of rotatable bonds is 2. The fourth-order valence-electron chi connectivity index (χ4n) is 2.75. The van der Waals surface area contributed by atoms with Crippen LogP contribution in [0.3, 0.4) is 0 Å². The molecule has 88 valence electrons. The van der Waals surface area contributed by atoms with Crippen LogP contribution in [0.25, 0.3) is 10.9 Å². The molecule has 1 heterocycles. The number of aromatic amines is 1. The SMILES string of the molecule is COc1cccc2[nH]c3c(c12)CC(C=O)CC3. The molecule has 0 radical (unpaired) electrons. The molecule has 3 rings (SSSR count). The van der Waals surface area contributed by atoms with E-state index in [-0.39, 0.29) is 5.92 Å². The van der Waals surface area contributed by atoms with Gasteiger partial charge in [-0.3, -0.25) is 0 Å². The number of aryl methyl sites for hydroxylation is 1. The standard InChI is InChI=1S/C14H15NO2/c1-17-13-4-2-3-12-14(13)10-7-9(8-16)5-6-11(10)15-12/h2-4,8-9,15H,5-7H2,1H3. The Morgan fingerprint density at radius 2 is 2.35 bits per heavy atom. The van der Waals surface area contributed by atoms with Crippen LogP contribution in [-0.2, 0) is 17.6 Å². The van der Waals surface area contributed by atoms with Gasteiger partial charge in [0.15, 0.2) is 0 Å². The van der Waals surface area contributed by atoms with Crippen LogP contribution >= 0.6 is 0 Å². The highest BCUT2D eigenvalue weighted by Gasteiger charge is 2.23. The number of methoxy groups -OCH3 is 1. The maximum absolute atomic E-state index is 10.9. The number of hydrogen-bond acceptors (Lipinski definition) is 2. The predicted molar refractivity (Wildman–Crippen MR) is 66.4 cm³/mol. The number of ether oxygens (including phenoxy) is 1. The quantitative estimate of drug-likeness (QED) is 0.804. The zero-order chi connectivity index (χ0) is 11.8. The van der Waals surface area contributed by atoms with E-state index < -0.39 is 0 Å². The molecule has 0 saturated heterocycles. The van der Waals surface area contributed by atoms with Gasteiger partial charge in [0, 0.05) is 22.5 Å². The van der Waals surface area contributed by atoms with Gasteiger partial charge in [-0.2, -0.15) is 0 Å². The highest BCUT2D eigenvalue weighted by Crippen LogP contribution is 2.36. The molecular weight excluding hydrogens is 214 g/mol. The van der Waals surface area contributed by atoms with E-state index in [0.29, 0.717) is 0 Å². The van der Waals surface area contributed by atoms with Gasteiger partial charge in [-0.15, -0.1) is 0 Å². The molecular formula is C14H15NO2. The summed E-state index contributed by atoms with van der Waals surface area (Å²) in [5.41, 5.74) is 3.64. The molecule has 1 aromatic heterocycles. The molecule has 0 saturated carbocycles. The number of H-pyrrole nitrogens is 1. The molecule has 1 N–H and O–H groups in total. The zero-order valence-electron chi connectivity index (χ0n) is 9.82. The van der Waals surface area contributed by atoms with Gasteiger partial charge in [0.1, 0.15) is 12.0 Å². The molecule has 0 bridgehead atoms. The number of benzene rings is 1. The Morgan fingerprint density at radius 1 is 1.47 bits per heavy atom. The van der Waals surface area contributed by atoms with E-state index in [1.165, 1.54) is 11.3 Å². The minimum absolute atomic E-state index is 0.159. The van der Waals surface area contributed by atoms with Crippen molar-refractivity contribution < 1.29 is 9.53 Å². The fraction of sp³-hybridized carbons (Fsp3) is 0.357. The summed E-state index contributed by atoms with van der Waals surface area (Å²) in [6.45, 7) is 0. The average molecular weight is 229 g/mol. The summed E-state index contributed by atoms with van der Waals surface area (Å²) in [6, 6.07) is 6.02. The van der Waals surface area contributed by atoms with E-state index in [1.54, 1.807) is 7.11 Å². The van der Waals surface area contributed by atoms with Crippen LogP contribution in [0.4, 0.5) is 0 Å². The summed E-state index contributed by atoms with van der Waals surface area (Å²) in [5, 5.41) is 1.15. The van der Waals surface area contributed by atoms with Gasteiger partial charge in [0.25, 0.3) is 0 Å². The van der Waals surface area contributed by atoms with Crippen LogP contribution in [0, 0.1) is 5.92 Å². The number of fused-ring (bicyclic) bond motifs is 3. The van der Waals surface area contributed by atoms with Crippen molar-refractivity contribution in [3.63, 3.8) is 0 Å². The first-order valence-corrected chi connectivity index (χ1v) is 5.95. The van der Waals surface area contributed by atoms with Crippen molar-refractivity contribution in [1.29, 1.82) is 0 Å². The van der Waals surface area contributed by atoms with Crippen molar-refractivity contribution in [2.75, 3.05) is 7.11 Å². The van der Waals surface area contributed by atoms with E-state index in [4.69, 9.17) is 4.74 Å². The molecule has 17 heavy (non-hydrogen) atoms. The molecule has 1 aliphatic carbocycles. The lowest BCUT2D eigenvalue weighted by atomic mass is 9.87. The molecule has 3 nitrogen and oxygen atoms in total. The maximum atomic E-state index is 10.9. The van der Waals surface area contributed by atoms with Gasteiger partial charge in [0.05, 0.1) is 7.11 Å². The second-order valence-electron chi connectivity index (χ2n) is 4.60. The van der Waals surface area contributed by atoms with E-state index >= 15 is 0 Å². The summed E-state index contributed by atoms with van der Waals surface area (Å²) < 4.78 is 5.41. The van der Waals surface area contributed by atoms with E-state index in [9.17, 15) is 4.79 Å². The lowest BCUT2D eigenvalue weighted by molar-refractivity contribution is -0.111. The molecule has 2 aromatic rings. The van der Waals surface area contributed by atoms with Crippen molar-refractivity contribution in [3.8, 4) is 5.75 Å². The van der Waals surface area contributed by atoms with Crippen LogP contribution in [0.15, 0.2) is 18.2 Å². The molecule has 1 aromatic carbocycles. The summed E-state index contributed by atoms with van der Waals surface area (Å²) in [5.74, 6) is 1.05. The number of aldehydes is 1. The number of aromatic nitrogens is 1. The number of carbonyl (C=O) groups excluding carboxylic acids is 1. The first-order chi connectivity index (χ1) is 8.33. The van der Waals surface area contributed by atoms with Gasteiger partial charge in [0.2, 0.25) is 0 Å². The van der Waals surface area contributed by atoms with Crippen LogP contribution in [-0.4, -0.2) is 18.4 Å². The monoisotopic (exact) mass is 229 g/mol. The van der Waals surface area contributed by atoms with Crippen LogP contribution in [0.5, 0.6) is 5.75 Å². The number of nitrogens with one attached hydrogen (secondary N) is 1. The normalized spacial score (nSPS) is 19.0. The van der Waals surface area contributed by atoms with Crippen molar-refractivity contribution in [2.45, 2.75) is 19.3 Å². The summed E-state index contributed by atoms with van der Waals surface area (Å²) in [4.78, 5) is 14.4. The Labute approximate surface area is 99.8 Å². The summed E-state index contributed by atoms with van der Waals surface area (Å²) >= 11 is 0. The van der Waals surface area contributed by atoms with Gasteiger partial charge in [-0.25, -0.2) is 0 Å². The Kier molecular flexibility index (Phi) is 2.39. The second kappa shape index (κ2) is 3.91. The molecule has 0 aliphatic heterocycles. The van der Waals surface area contributed by atoms with Crippen molar-refractivity contribution in [1.82, 2.24) is 4.98 Å². The summed E-state index contributed by atoms with van der Waals surface area (Å²) in [6.07, 6.45) is 3.82. The Balaban J connectivity index is 2.22. The fourth-order valence-corrected chi connectivity index (χ4v) is 2.75. The third-order valence-corrected chi connectivity index (χ3v) is 3.62. The molecule has 0 spiro atoms. The van der Waals surface area contributed by atoms with Crippen molar-refractivity contribution >= 4 is 17.2 Å². The maximum Gasteiger partial charge on any atom is 0.128 e. The number of hydrogen-bond donors (Lipinski definition) is 1. The smallest absolute Gasteiger partial charge is 0.128 e. The highest BCUT2D eigenvalue weighted by atomic mass is 16.5. The van der Waals surface area contributed by atoms with E-state index in [1.807, 2.05) is 12.1 Å². The molecule has 0 fully saturated rings. The van der Waals surface area contributed by atoms with E-state index in [0.717, 1.165) is 42.2 Å². The zero-order valence-corrected chi connectivity index (χ0v) is 9.82. The minimum Gasteiger partial charge on any atom is -0.496 e. The Hall–Kier alpha value is -1.77. The predicted octanol–water partition coefficient (Wildman–Crippen LogP) is 2.48. The first kappa shape index (κ1) is 10.4. The van der Waals surface area contributed by atoms with Crippen LogP contribution in [0.1, 0.15) is 17.7 Å². The minimum atomic E-state index is 0.159. The molecule has 3 heteroatoms. The molecule has 1 unspecified atom stereocenters. The van der Waals surface area contributed by atoms with Crippen LogP contribution < -0.4 is 4.74 Å². The molecule has 0 amide bonds. The molecule has 1 aliphatic rings. The molecule has 1 atom stereocenters. The van der Waals surface area contributed by atoms with Gasteiger partial charge < -0.3 is 14.5 Å². The van der Waals surface area contributed by atoms with Crippen molar-refractivity contribution in [2.24, 2.45) is 5.92 Å². The third-order valence-electron chi connectivity index (χ3n) is 3.62. The Morgan fingerprint density at radius 3 is 3.12 bits per heavy atom. The Bertz CT molecular complexity index is 571. The van der Waals surface area contributed by atoms with Crippen molar-refractivity contribution in [3.05, 3.63) is 29.5 Å². The van der Waals surface area contributed by atoms with Gasteiger partial charge in [-0.05, 0) is 37.0 Å². The largest absolute Gasteiger partial charge is 0.496 e. The third kappa shape index (κ3) is 1.54. The topological polar surface area (TPSA) is 42.1 Å². The van der Waals surface area contributed by atoms with Gasteiger partial charge >= 0.3 is 0 Å². The summed E-state index contributed by atoms with van der Waals surface area (Å²) in [7, 11) is 1.69. The highest BCUT2D eigenvalue weighted by molar-refractivity contribution is 5.91. The van der Waals surface area contributed by atoms with E-state index in [2.05, 4.69) is 11.1 Å². The average Bonchev–Trinajstić information content (AvgIpc) is 2.75. The number of carbonyl (C=O) groups is 1. The van der Waals surface area contributed by atoms with Crippen LogP contribution in [0.2, 0.25) is 0 Å². The lowest BCUT2D eigenvalue weighted by Gasteiger charge is -2.17.